The molecule has 63 valence electrons. The van der Waals surface area contributed by atoms with Gasteiger partial charge < -0.3 is 4.74 Å². The van der Waals surface area contributed by atoms with E-state index in [1.54, 1.807) is 7.11 Å². The summed E-state index contributed by atoms with van der Waals surface area (Å²) < 4.78 is 5.11. The van der Waals surface area contributed by atoms with Crippen LogP contribution in [-0.2, 0) is 0 Å². The highest BCUT2D eigenvalue weighted by atomic mass is 16.5. The van der Waals surface area contributed by atoms with Crippen LogP contribution in [0.3, 0.4) is 0 Å². The first-order valence-corrected chi connectivity index (χ1v) is 4.31. The minimum absolute atomic E-state index is 0.781. The van der Waals surface area contributed by atoms with Crippen molar-refractivity contribution in [2.24, 2.45) is 0 Å². The van der Waals surface area contributed by atoms with Crippen LogP contribution in [0.5, 0.6) is 5.75 Å². The molecule has 0 atom stereocenters. The summed E-state index contributed by atoms with van der Waals surface area (Å²) in [7, 11) is 1.69. The Morgan fingerprint density at radius 1 is 1.42 bits per heavy atom. The first-order valence-electron chi connectivity index (χ1n) is 4.31. The zero-order valence-corrected chi connectivity index (χ0v) is 7.34. The molecule has 1 nitrogen and oxygen atoms in total. The minimum atomic E-state index is 0.781. The summed E-state index contributed by atoms with van der Waals surface area (Å²) in [6, 6.07) is 6.16. The first-order chi connectivity index (χ1) is 5.81. The Labute approximate surface area is 73.4 Å². The van der Waals surface area contributed by atoms with Gasteiger partial charge in [-0.3, -0.25) is 0 Å². The van der Waals surface area contributed by atoms with Crippen LogP contribution in [0.15, 0.2) is 18.2 Å². The lowest BCUT2D eigenvalue weighted by Crippen LogP contribution is -1.88. The summed E-state index contributed by atoms with van der Waals surface area (Å²) in [6.07, 6.45) is 2.66. The molecule has 0 bridgehead atoms. The molecule has 0 heterocycles. The topological polar surface area (TPSA) is 9.23 Å². The van der Waals surface area contributed by atoms with Crippen molar-refractivity contribution in [2.45, 2.75) is 18.8 Å². The van der Waals surface area contributed by atoms with E-state index in [9.17, 15) is 0 Å². The molecule has 2 rings (SSSR count). The van der Waals surface area contributed by atoms with Crippen molar-refractivity contribution in [3.8, 4) is 5.75 Å². The van der Waals surface area contributed by atoms with Gasteiger partial charge in [0.1, 0.15) is 5.75 Å². The summed E-state index contributed by atoms with van der Waals surface area (Å²) in [4.78, 5) is 0. The number of rotatable bonds is 2. The Balaban J connectivity index is 2.32. The maximum Gasteiger partial charge on any atom is 0.119 e. The molecule has 0 aliphatic heterocycles. The van der Waals surface area contributed by atoms with E-state index in [0.717, 1.165) is 17.2 Å². The lowest BCUT2D eigenvalue weighted by Gasteiger charge is -2.05. The van der Waals surface area contributed by atoms with Crippen molar-refractivity contribution in [1.29, 1.82) is 0 Å². The Kier molecular flexibility index (Phi) is 1.80. The maximum atomic E-state index is 5.11. The Hall–Kier alpha value is -0.980. The average Bonchev–Trinajstić information content (AvgIpc) is 2.87. The van der Waals surface area contributed by atoms with Gasteiger partial charge >= 0.3 is 0 Å². The number of ether oxygens (including phenoxy) is 1. The lowest BCUT2D eigenvalue weighted by atomic mass is 10.0. The van der Waals surface area contributed by atoms with Crippen LogP contribution in [0, 0.1) is 6.92 Å². The van der Waals surface area contributed by atoms with E-state index < -0.39 is 0 Å². The monoisotopic (exact) mass is 161 g/mol. The summed E-state index contributed by atoms with van der Waals surface area (Å²) in [6.45, 7) is 4.01. The Morgan fingerprint density at radius 3 is 2.67 bits per heavy atom. The third kappa shape index (κ3) is 1.31. The molecular weight excluding hydrogens is 148 g/mol. The van der Waals surface area contributed by atoms with Crippen LogP contribution >= 0.6 is 0 Å². The molecule has 1 radical (unpaired) electrons. The Bertz CT molecular complexity index is 287. The highest BCUT2D eigenvalue weighted by Crippen LogP contribution is 2.42. The molecule has 0 unspecified atom stereocenters. The third-order valence-corrected chi connectivity index (χ3v) is 2.37. The van der Waals surface area contributed by atoms with Crippen molar-refractivity contribution < 1.29 is 4.74 Å². The molecule has 0 saturated heterocycles. The van der Waals surface area contributed by atoms with Gasteiger partial charge in [0.25, 0.3) is 0 Å². The molecular formula is C11H13O. The molecule has 1 aliphatic rings. The fourth-order valence-electron chi connectivity index (χ4n) is 1.50. The maximum absolute atomic E-state index is 5.11. The van der Waals surface area contributed by atoms with Crippen LogP contribution in [-0.4, -0.2) is 7.11 Å². The Morgan fingerprint density at radius 2 is 2.17 bits per heavy atom. The van der Waals surface area contributed by atoms with Crippen LogP contribution in [0.4, 0.5) is 0 Å². The smallest absolute Gasteiger partial charge is 0.119 e. The molecule has 1 heteroatoms. The third-order valence-electron chi connectivity index (χ3n) is 2.37. The van der Waals surface area contributed by atoms with Gasteiger partial charge in [0.15, 0.2) is 0 Å². The summed E-state index contributed by atoms with van der Waals surface area (Å²) in [5.74, 6) is 1.69. The number of hydrogen-bond donors (Lipinski definition) is 0. The summed E-state index contributed by atoms with van der Waals surface area (Å²) in [5, 5.41) is 0. The van der Waals surface area contributed by atoms with Crippen molar-refractivity contribution in [3.63, 3.8) is 0 Å². The van der Waals surface area contributed by atoms with Gasteiger partial charge in [0.05, 0.1) is 7.11 Å². The molecule has 0 spiro atoms. The fraction of sp³-hybridized carbons (Fsp3) is 0.364. The highest BCUT2D eigenvalue weighted by Gasteiger charge is 2.24. The van der Waals surface area contributed by atoms with Gasteiger partial charge in [-0.15, -0.1) is 0 Å². The molecule has 0 amide bonds. The molecule has 0 N–H and O–H groups in total. The van der Waals surface area contributed by atoms with Crippen molar-refractivity contribution >= 4 is 0 Å². The second-order valence-electron chi connectivity index (χ2n) is 3.34. The molecule has 1 aromatic carbocycles. The van der Waals surface area contributed by atoms with E-state index in [1.807, 2.05) is 12.1 Å². The largest absolute Gasteiger partial charge is 0.497 e. The molecule has 1 aromatic rings. The van der Waals surface area contributed by atoms with Crippen LogP contribution in [0.1, 0.15) is 29.9 Å². The van der Waals surface area contributed by atoms with Gasteiger partial charge in [-0.05, 0) is 48.9 Å². The first kappa shape index (κ1) is 7.66. The molecule has 0 aromatic heterocycles. The lowest BCUT2D eigenvalue weighted by molar-refractivity contribution is 0.414. The van der Waals surface area contributed by atoms with Gasteiger partial charge in [-0.1, -0.05) is 6.07 Å². The second kappa shape index (κ2) is 2.81. The van der Waals surface area contributed by atoms with Crippen LogP contribution < -0.4 is 4.74 Å². The van der Waals surface area contributed by atoms with E-state index in [-0.39, 0.29) is 0 Å². The van der Waals surface area contributed by atoms with Crippen molar-refractivity contribution in [3.05, 3.63) is 36.2 Å². The predicted octanol–water partition coefficient (Wildman–Crippen LogP) is 2.75. The van der Waals surface area contributed by atoms with E-state index in [2.05, 4.69) is 13.0 Å². The normalized spacial score (nSPS) is 16.2. The zero-order valence-electron chi connectivity index (χ0n) is 7.34. The van der Waals surface area contributed by atoms with Gasteiger partial charge in [-0.25, -0.2) is 0 Å². The molecule has 12 heavy (non-hydrogen) atoms. The van der Waals surface area contributed by atoms with E-state index in [4.69, 9.17) is 4.74 Å². The zero-order chi connectivity index (χ0) is 8.55. The van der Waals surface area contributed by atoms with Crippen LogP contribution in [0.25, 0.3) is 0 Å². The minimum Gasteiger partial charge on any atom is -0.497 e. The second-order valence-corrected chi connectivity index (χ2v) is 3.34. The molecule has 1 aliphatic carbocycles. The number of methoxy groups -OCH3 is 1. The standard InChI is InChI=1S/C11H13O/c1-8-7-10(12-2)5-6-11(8)9-3-4-9/h5-7,9H,1,3-4H2,2H3. The van der Waals surface area contributed by atoms with Crippen molar-refractivity contribution in [1.82, 2.24) is 0 Å². The van der Waals surface area contributed by atoms with E-state index in [0.29, 0.717) is 0 Å². The highest BCUT2D eigenvalue weighted by molar-refractivity contribution is 5.40. The van der Waals surface area contributed by atoms with E-state index in [1.165, 1.54) is 18.4 Å². The van der Waals surface area contributed by atoms with Gasteiger partial charge in [0.2, 0.25) is 0 Å². The predicted molar refractivity (Wildman–Crippen MR) is 49.4 cm³/mol. The average molecular weight is 161 g/mol. The quantitative estimate of drug-likeness (QED) is 0.648. The fourth-order valence-corrected chi connectivity index (χ4v) is 1.50. The number of hydrogen-bond acceptors (Lipinski definition) is 1. The summed E-state index contributed by atoms with van der Waals surface area (Å²) >= 11 is 0. The van der Waals surface area contributed by atoms with Crippen molar-refractivity contribution in [2.75, 3.05) is 7.11 Å². The van der Waals surface area contributed by atoms with Crippen LogP contribution in [0.2, 0.25) is 0 Å². The molecule has 1 fully saturated rings. The van der Waals surface area contributed by atoms with Gasteiger partial charge in [-0.2, -0.15) is 0 Å². The van der Waals surface area contributed by atoms with E-state index >= 15 is 0 Å². The number of benzene rings is 1. The SMILES string of the molecule is [CH2]c1cc(OC)ccc1C1CC1. The molecule has 1 saturated carbocycles. The summed E-state index contributed by atoms with van der Waals surface area (Å²) in [5.41, 5.74) is 2.52. The van der Waals surface area contributed by atoms with Gasteiger partial charge in [0, 0.05) is 0 Å².